The van der Waals surface area contributed by atoms with Gasteiger partial charge in [0.15, 0.2) is 0 Å². The summed E-state index contributed by atoms with van der Waals surface area (Å²) >= 11 is 0. The average Bonchev–Trinajstić information content (AvgIpc) is 2.63. The summed E-state index contributed by atoms with van der Waals surface area (Å²) in [6, 6.07) is 16.7. The number of nitrogens with two attached hydrogens (primary N) is 1. The van der Waals surface area contributed by atoms with Crippen LogP contribution in [-0.2, 0) is 6.54 Å². The second-order valence-electron chi connectivity index (χ2n) is 6.43. The monoisotopic (exact) mass is 324 g/mol. The van der Waals surface area contributed by atoms with Gasteiger partial charge in [-0.3, -0.25) is 4.90 Å². The van der Waals surface area contributed by atoms with E-state index in [1.54, 1.807) is 0 Å². The Hall–Kier alpha value is -2.20. The number of benzene rings is 2. The Morgan fingerprint density at radius 3 is 2.33 bits per heavy atom. The average molecular weight is 324 g/mol. The zero-order valence-electron chi connectivity index (χ0n) is 14.5. The number of para-hydroxylation sites is 1. The van der Waals surface area contributed by atoms with Crippen LogP contribution >= 0.6 is 0 Å². The van der Waals surface area contributed by atoms with Crippen LogP contribution in [0.1, 0.15) is 18.9 Å². The van der Waals surface area contributed by atoms with Crippen molar-refractivity contribution in [1.29, 1.82) is 0 Å². The lowest BCUT2D eigenvalue weighted by Gasteiger charge is -2.36. The van der Waals surface area contributed by atoms with E-state index in [2.05, 4.69) is 52.4 Å². The van der Waals surface area contributed by atoms with Gasteiger partial charge in [-0.25, -0.2) is 0 Å². The number of hydrogen-bond donors (Lipinski definition) is 2. The van der Waals surface area contributed by atoms with Crippen LogP contribution in [0.15, 0.2) is 48.5 Å². The topological polar surface area (TPSA) is 44.5 Å². The first-order chi connectivity index (χ1) is 11.8. The fourth-order valence-corrected chi connectivity index (χ4v) is 3.23. The molecule has 0 aliphatic carbocycles. The van der Waals surface area contributed by atoms with E-state index in [4.69, 9.17) is 5.73 Å². The van der Waals surface area contributed by atoms with E-state index in [1.165, 1.54) is 31.7 Å². The summed E-state index contributed by atoms with van der Waals surface area (Å²) in [5.74, 6) is 0. The summed E-state index contributed by atoms with van der Waals surface area (Å²) in [7, 11) is 0. The fourth-order valence-electron chi connectivity index (χ4n) is 3.23. The minimum Gasteiger partial charge on any atom is -0.398 e. The standard InChI is InChI=1S/C20H28N4/c1-2-11-23-12-14-24(15-13-23)19-9-7-18(8-10-19)22-16-17-5-3-4-6-20(17)21/h3-10,22H,2,11-16,21H2,1H3. The fraction of sp³-hybridized carbons (Fsp3) is 0.400. The number of nitrogen functional groups attached to an aromatic ring is 1. The molecular weight excluding hydrogens is 296 g/mol. The molecule has 0 aromatic heterocycles. The Labute approximate surface area is 145 Å². The Morgan fingerprint density at radius 2 is 1.67 bits per heavy atom. The van der Waals surface area contributed by atoms with Gasteiger partial charge in [-0.05, 0) is 48.9 Å². The molecule has 3 rings (SSSR count). The first kappa shape index (κ1) is 16.7. The van der Waals surface area contributed by atoms with Crippen molar-refractivity contribution in [3.8, 4) is 0 Å². The van der Waals surface area contributed by atoms with Gasteiger partial charge in [0, 0.05) is 49.8 Å². The molecule has 0 spiro atoms. The van der Waals surface area contributed by atoms with Gasteiger partial charge in [0.1, 0.15) is 0 Å². The van der Waals surface area contributed by atoms with E-state index in [0.717, 1.165) is 36.6 Å². The molecule has 2 aromatic carbocycles. The molecule has 1 heterocycles. The second kappa shape index (κ2) is 8.06. The van der Waals surface area contributed by atoms with Crippen LogP contribution in [0, 0.1) is 0 Å². The van der Waals surface area contributed by atoms with Crippen LogP contribution in [0.25, 0.3) is 0 Å². The number of hydrogen-bond acceptors (Lipinski definition) is 4. The largest absolute Gasteiger partial charge is 0.398 e. The molecule has 1 aliphatic heterocycles. The number of anilines is 3. The maximum atomic E-state index is 5.99. The van der Waals surface area contributed by atoms with E-state index >= 15 is 0 Å². The van der Waals surface area contributed by atoms with Crippen LogP contribution in [0.3, 0.4) is 0 Å². The van der Waals surface area contributed by atoms with Gasteiger partial charge < -0.3 is 16.0 Å². The molecule has 2 aromatic rings. The minimum atomic E-state index is 0.752. The van der Waals surface area contributed by atoms with Crippen molar-refractivity contribution < 1.29 is 0 Å². The molecule has 0 bridgehead atoms. The molecule has 0 unspecified atom stereocenters. The highest BCUT2D eigenvalue weighted by molar-refractivity contribution is 5.56. The summed E-state index contributed by atoms with van der Waals surface area (Å²) in [5, 5.41) is 3.45. The molecule has 3 N–H and O–H groups in total. The Kier molecular flexibility index (Phi) is 5.59. The van der Waals surface area contributed by atoms with Gasteiger partial charge in [-0.2, -0.15) is 0 Å². The summed E-state index contributed by atoms with van der Waals surface area (Å²) in [4.78, 5) is 5.03. The second-order valence-corrected chi connectivity index (χ2v) is 6.43. The highest BCUT2D eigenvalue weighted by atomic mass is 15.3. The molecule has 0 radical (unpaired) electrons. The summed E-state index contributed by atoms with van der Waals surface area (Å²) < 4.78 is 0. The van der Waals surface area contributed by atoms with Crippen molar-refractivity contribution >= 4 is 17.1 Å². The number of nitrogens with zero attached hydrogens (tertiary/aromatic N) is 2. The lowest BCUT2D eigenvalue weighted by molar-refractivity contribution is 0.258. The third-order valence-corrected chi connectivity index (χ3v) is 4.68. The minimum absolute atomic E-state index is 0.752. The van der Waals surface area contributed by atoms with Gasteiger partial charge in [0.25, 0.3) is 0 Å². The number of rotatable bonds is 6. The Morgan fingerprint density at radius 1 is 0.958 bits per heavy atom. The summed E-state index contributed by atoms with van der Waals surface area (Å²) in [5.41, 5.74) is 10.4. The van der Waals surface area contributed by atoms with Crippen LogP contribution in [-0.4, -0.2) is 37.6 Å². The van der Waals surface area contributed by atoms with Gasteiger partial charge in [-0.1, -0.05) is 25.1 Å². The molecule has 1 saturated heterocycles. The van der Waals surface area contributed by atoms with Crippen molar-refractivity contribution in [3.05, 3.63) is 54.1 Å². The van der Waals surface area contributed by atoms with Gasteiger partial charge in [0.2, 0.25) is 0 Å². The smallest absolute Gasteiger partial charge is 0.0421 e. The molecule has 4 nitrogen and oxygen atoms in total. The lowest BCUT2D eigenvalue weighted by Crippen LogP contribution is -2.46. The van der Waals surface area contributed by atoms with Gasteiger partial charge >= 0.3 is 0 Å². The molecule has 0 atom stereocenters. The van der Waals surface area contributed by atoms with Gasteiger partial charge in [0.05, 0.1) is 0 Å². The maximum Gasteiger partial charge on any atom is 0.0421 e. The highest BCUT2D eigenvalue weighted by Crippen LogP contribution is 2.20. The predicted octanol–water partition coefficient (Wildman–Crippen LogP) is 3.41. The first-order valence-electron chi connectivity index (χ1n) is 8.91. The predicted molar refractivity (Wildman–Crippen MR) is 104 cm³/mol. The molecule has 0 amide bonds. The molecule has 1 aliphatic rings. The molecule has 1 fully saturated rings. The zero-order valence-corrected chi connectivity index (χ0v) is 14.5. The summed E-state index contributed by atoms with van der Waals surface area (Å²) in [6.45, 7) is 8.80. The van der Waals surface area contributed by atoms with E-state index < -0.39 is 0 Å². The van der Waals surface area contributed by atoms with Crippen LogP contribution in [0.4, 0.5) is 17.1 Å². The summed E-state index contributed by atoms with van der Waals surface area (Å²) in [6.07, 6.45) is 1.24. The molecule has 0 saturated carbocycles. The molecular formula is C20H28N4. The lowest BCUT2D eigenvalue weighted by atomic mass is 10.1. The first-order valence-corrected chi connectivity index (χ1v) is 8.91. The third-order valence-electron chi connectivity index (χ3n) is 4.68. The zero-order chi connectivity index (χ0) is 16.8. The molecule has 4 heteroatoms. The van der Waals surface area contributed by atoms with Crippen LogP contribution in [0.2, 0.25) is 0 Å². The van der Waals surface area contributed by atoms with E-state index in [0.29, 0.717) is 0 Å². The normalized spacial score (nSPS) is 15.5. The van der Waals surface area contributed by atoms with Crippen molar-refractivity contribution in [2.75, 3.05) is 48.7 Å². The SMILES string of the molecule is CCCN1CCN(c2ccc(NCc3ccccc3N)cc2)CC1. The number of piperazine rings is 1. The number of nitrogens with one attached hydrogen (secondary N) is 1. The van der Waals surface area contributed by atoms with Crippen LogP contribution < -0.4 is 16.0 Å². The third kappa shape index (κ3) is 4.20. The van der Waals surface area contributed by atoms with E-state index in [1.807, 2.05) is 18.2 Å². The Bertz CT molecular complexity index is 630. The molecule has 24 heavy (non-hydrogen) atoms. The molecule has 128 valence electrons. The maximum absolute atomic E-state index is 5.99. The van der Waals surface area contributed by atoms with Crippen molar-refractivity contribution in [3.63, 3.8) is 0 Å². The quantitative estimate of drug-likeness (QED) is 0.799. The van der Waals surface area contributed by atoms with Crippen molar-refractivity contribution in [1.82, 2.24) is 4.90 Å². The van der Waals surface area contributed by atoms with E-state index in [-0.39, 0.29) is 0 Å². The van der Waals surface area contributed by atoms with Crippen molar-refractivity contribution in [2.45, 2.75) is 19.9 Å². The Balaban J connectivity index is 1.53. The van der Waals surface area contributed by atoms with E-state index in [9.17, 15) is 0 Å². The van der Waals surface area contributed by atoms with Crippen LogP contribution in [0.5, 0.6) is 0 Å². The van der Waals surface area contributed by atoms with Gasteiger partial charge in [-0.15, -0.1) is 0 Å². The van der Waals surface area contributed by atoms with Crippen molar-refractivity contribution in [2.24, 2.45) is 0 Å². The highest BCUT2D eigenvalue weighted by Gasteiger charge is 2.16.